The van der Waals surface area contributed by atoms with E-state index in [1.807, 2.05) is 6.07 Å². The highest BCUT2D eigenvalue weighted by Gasteiger charge is 2.21. The van der Waals surface area contributed by atoms with Gasteiger partial charge in [0.2, 0.25) is 10.0 Å². The zero-order valence-electron chi connectivity index (χ0n) is 18.2. The molecule has 0 fully saturated rings. The first-order valence-corrected chi connectivity index (χ1v) is 12.0. The Morgan fingerprint density at radius 3 is 2.62 bits per heavy atom. The molecule has 3 aromatic rings. The maximum atomic E-state index is 12.9. The number of methoxy groups -OCH3 is 1. The number of aromatic nitrogens is 1. The molecule has 1 heterocycles. The highest BCUT2D eigenvalue weighted by atomic mass is 35.5. The van der Waals surface area contributed by atoms with Crippen molar-refractivity contribution in [1.82, 2.24) is 15.0 Å². The van der Waals surface area contributed by atoms with Crippen molar-refractivity contribution in [1.29, 1.82) is 5.26 Å². The lowest BCUT2D eigenvalue weighted by atomic mass is 10.2. The van der Waals surface area contributed by atoms with Crippen molar-refractivity contribution < 1.29 is 17.9 Å². The van der Waals surface area contributed by atoms with Crippen molar-refractivity contribution in [3.05, 3.63) is 82.5 Å². The van der Waals surface area contributed by atoms with Gasteiger partial charge in [0.1, 0.15) is 22.5 Å². The summed E-state index contributed by atoms with van der Waals surface area (Å²) in [6.07, 6.45) is 1.56. The zero-order chi connectivity index (χ0) is 24.6. The lowest BCUT2D eigenvalue weighted by Gasteiger charge is -2.13. The number of nitrogens with one attached hydrogen (secondary N) is 3. The number of benzene rings is 2. The van der Waals surface area contributed by atoms with Crippen molar-refractivity contribution in [2.24, 2.45) is 0 Å². The normalized spacial score (nSPS) is 10.9. The number of sulfonamides is 1. The number of hydrogen-bond donors (Lipinski definition) is 3. The Bertz CT molecular complexity index is 1310. The fourth-order valence-electron chi connectivity index (χ4n) is 2.98. The minimum Gasteiger partial charge on any atom is -0.495 e. The number of pyridine rings is 1. The molecule has 0 atom stereocenters. The van der Waals surface area contributed by atoms with E-state index in [9.17, 15) is 13.2 Å². The van der Waals surface area contributed by atoms with Crippen molar-refractivity contribution in [2.45, 2.75) is 11.4 Å². The molecule has 0 saturated heterocycles. The molecule has 1 amide bonds. The molecule has 3 N–H and O–H groups in total. The van der Waals surface area contributed by atoms with E-state index in [4.69, 9.17) is 21.6 Å². The first-order chi connectivity index (χ1) is 16.3. The molecule has 3 rings (SSSR count). The second-order valence-electron chi connectivity index (χ2n) is 7.01. The second-order valence-corrected chi connectivity index (χ2v) is 9.18. The van der Waals surface area contributed by atoms with Crippen LogP contribution in [0.15, 0.2) is 65.7 Å². The number of anilines is 1. The van der Waals surface area contributed by atoms with E-state index in [2.05, 4.69) is 20.3 Å². The van der Waals surface area contributed by atoms with Gasteiger partial charge in [0.25, 0.3) is 5.91 Å². The predicted molar refractivity (Wildman–Crippen MR) is 128 cm³/mol. The molecule has 0 spiro atoms. The topological polar surface area (TPSA) is 133 Å². The fraction of sp³-hybridized carbons (Fsp3) is 0.174. The zero-order valence-corrected chi connectivity index (χ0v) is 19.8. The fourth-order valence-corrected chi connectivity index (χ4v) is 4.32. The van der Waals surface area contributed by atoms with Crippen LogP contribution >= 0.6 is 11.6 Å². The number of amides is 1. The minimum atomic E-state index is -3.98. The molecule has 176 valence electrons. The van der Waals surface area contributed by atoms with Gasteiger partial charge >= 0.3 is 0 Å². The molecule has 0 radical (unpaired) electrons. The van der Waals surface area contributed by atoms with Crippen molar-refractivity contribution in [3.8, 4) is 11.8 Å². The van der Waals surface area contributed by atoms with Crippen LogP contribution in [0.1, 0.15) is 21.5 Å². The summed E-state index contributed by atoms with van der Waals surface area (Å²) in [4.78, 5) is 16.5. The molecule has 0 bridgehead atoms. The van der Waals surface area contributed by atoms with E-state index in [1.165, 1.54) is 25.3 Å². The first-order valence-electron chi connectivity index (χ1n) is 10.1. The summed E-state index contributed by atoms with van der Waals surface area (Å²) in [7, 11) is -2.62. The smallest absolute Gasteiger partial charge is 0.251 e. The van der Waals surface area contributed by atoms with Crippen LogP contribution in [0.5, 0.6) is 5.75 Å². The van der Waals surface area contributed by atoms with E-state index in [0.717, 1.165) is 5.56 Å². The van der Waals surface area contributed by atoms with E-state index in [0.29, 0.717) is 22.9 Å². The number of halogens is 1. The summed E-state index contributed by atoms with van der Waals surface area (Å²) in [5.41, 5.74) is 1.27. The molecule has 0 aliphatic heterocycles. The number of nitriles is 1. The molecule has 1 aromatic heterocycles. The Balaban J connectivity index is 1.65. The number of carbonyl (C=O) groups is 1. The summed E-state index contributed by atoms with van der Waals surface area (Å²) in [5.74, 6) is 0.0741. The van der Waals surface area contributed by atoms with Crippen LogP contribution < -0.4 is 20.1 Å². The van der Waals surface area contributed by atoms with Crippen LogP contribution in [0.2, 0.25) is 5.02 Å². The molecule has 9 nitrogen and oxygen atoms in total. The van der Waals surface area contributed by atoms with E-state index in [-0.39, 0.29) is 29.3 Å². The van der Waals surface area contributed by atoms with Gasteiger partial charge in [0.05, 0.1) is 12.7 Å². The lowest BCUT2D eigenvalue weighted by Crippen LogP contribution is -2.29. The summed E-state index contributed by atoms with van der Waals surface area (Å²) in [6, 6.07) is 16.3. The maximum Gasteiger partial charge on any atom is 0.251 e. The molecular weight excluding hydrogens is 478 g/mol. The molecule has 11 heteroatoms. The van der Waals surface area contributed by atoms with Crippen LogP contribution in [-0.2, 0) is 16.6 Å². The Labute approximate surface area is 202 Å². The average molecular weight is 500 g/mol. The van der Waals surface area contributed by atoms with Crippen LogP contribution in [-0.4, -0.2) is 39.5 Å². The third-order valence-electron chi connectivity index (χ3n) is 4.73. The van der Waals surface area contributed by atoms with Crippen molar-refractivity contribution in [2.75, 3.05) is 25.5 Å². The van der Waals surface area contributed by atoms with E-state index in [1.54, 1.807) is 42.6 Å². The highest BCUT2D eigenvalue weighted by molar-refractivity contribution is 7.89. The van der Waals surface area contributed by atoms with Gasteiger partial charge in [-0.05, 0) is 48.0 Å². The quantitative estimate of drug-likeness (QED) is 0.365. The van der Waals surface area contributed by atoms with Gasteiger partial charge in [-0.15, -0.1) is 0 Å². The van der Waals surface area contributed by atoms with Gasteiger partial charge in [-0.3, -0.25) is 4.79 Å². The SMILES string of the molecule is COc1ccc(C(=O)NCCNc2ncccc2C#N)cc1S(=O)(=O)NCc1ccc(Cl)cc1. The second kappa shape index (κ2) is 11.5. The van der Waals surface area contributed by atoms with Gasteiger partial charge in [0, 0.05) is 36.4 Å². The maximum absolute atomic E-state index is 12.9. The average Bonchev–Trinajstić information content (AvgIpc) is 2.86. The molecule has 2 aromatic carbocycles. The van der Waals surface area contributed by atoms with E-state index < -0.39 is 15.9 Å². The molecule has 0 aliphatic rings. The Hall–Kier alpha value is -3.65. The molecule has 0 unspecified atom stereocenters. The summed E-state index contributed by atoms with van der Waals surface area (Å²) < 4.78 is 33.5. The summed E-state index contributed by atoms with van der Waals surface area (Å²) in [6.45, 7) is 0.591. The summed E-state index contributed by atoms with van der Waals surface area (Å²) in [5, 5.41) is 15.3. The molecule has 0 saturated carbocycles. The molecule has 34 heavy (non-hydrogen) atoms. The van der Waals surface area contributed by atoms with Gasteiger partial charge in [0.15, 0.2) is 0 Å². The number of nitrogens with zero attached hydrogens (tertiary/aromatic N) is 2. The van der Waals surface area contributed by atoms with Gasteiger partial charge in [-0.2, -0.15) is 5.26 Å². The Morgan fingerprint density at radius 1 is 1.15 bits per heavy atom. The monoisotopic (exact) mass is 499 g/mol. The highest BCUT2D eigenvalue weighted by Crippen LogP contribution is 2.25. The van der Waals surface area contributed by atoms with Crippen LogP contribution in [0.25, 0.3) is 0 Å². The van der Waals surface area contributed by atoms with Gasteiger partial charge in [-0.25, -0.2) is 18.1 Å². The van der Waals surface area contributed by atoms with Crippen LogP contribution in [0.4, 0.5) is 5.82 Å². The predicted octanol–water partition coefficient (Wildman–Crippen LogP) is 2.94. The van der Waals surface area contributed by atoms with E-state index >= 15 is 0 Å². The third kappa shape index (κ3) is 6.45. The minimum absolute atomic E-state index is 0.0446. The number of hydrogen-bond acceptors (Lipinski definition) is 7. The van der Waals surface area contributed by atoms with Crippen molar-refractivity contribution >= 4 is 33.3 Å². The standard InChI is InChI=1S/C23H22ClN5O4S/c1-33-20-9-6-17(23(30)28-12-11-27-22-18(14-25)3-2-10-26-22)13-21(20)34(31,32)29-15-16-4-7-19(24)8-5-16/h2-10,13,29H,11-12,15H2,1H3,(H,26,27)(H,28,30). The van der Waals surface area contributed by atoms with Crippen molar-refractivity contribution in [3.63, 3.8) is 0 Å². The Morgan fingerprint density at radius 2 is 1.91 bits per heavy atom. The lowest BCUT2D eigenvalue weighted by molar-refractivity contribution is 0.0955. The number of ether oxygens (including phenoxy) is 1. The summed E-state index contributed by atoms with van der Waals surface area (Å²) >= 11 is 5.86. The first kappa shape index (κ1) is 25.0. The van der Waals surface area contributed by atoms with Crippen LogP contribution in [0, 0.1) is 11.3 Å². The largest absolute Gasteiger partial charge is 0.495 e. The van der Waals surface area contributed by atoms with Crippen LogP contribution in [0.3, 0.4) is 0 Å². The third-order valence-corrected chi connectivity index (χ3v) is 6.40. The van der Waals surface area contributed by atoms with Gasteiger partial charge in [-0.1, -0.05) is 23.7 Å². The Kier molecular flexibility index (Phi) is 8.43. The molecule has 0 aliphatic carbocycles. The number of rotatable bonds is 10. The molecular formula is C23H22ClN5O4S. The van der Waals surface area contributed by atoms with Gasteiger partial charge < -0.3 is 15.4 Å². The number of carbonyl (C=O) groups excluding carboxylic acids is 1.